The van der Waals surface area contributed by atoms with E-state index in [1.807, 2.05) is 62.4 Å². The summed E-state index contributed by atoms with van der Waals surface area (Å²) in [6, 6.07) is 15.3. The van der Waals surface area contributed by atoms with Gasteiger partial charge in [-0.1, -0.05) is 24.3 Å². The monoisotopic (exact) mass is 286 g/mol. The predicted molar refractivity (Wildman–Crippen MR) is 85.4 cm³/mol. The van der Waals surface area contributed by atoms with Crippen LogP contribution in [0.25, 0.3) is 0 Å². The Bertz CT molecular complexity index is 545. The number of rotatable bonds is 6. The molecular weight excluding hydrogens is 264 g/mol. The molecule has 4 heteroatoms. The first-order chi connectivity index (χ1) is 9.94. The molecule has 0 fully saturated rings. The molecule has 21 heavy (non-hydrogen) atoms. The summed E-state index contributed by atoms with van der Waals surface area (Å²) in [5, 5.41) is 0. The maximum Gasteiger partial charge on any atom is 0.163 e. The van der Waals surface area contributed by atoms with Crippen LogP contribution in [0.15, 0.2) is 48.5 Å². The highest BCUT2D eigenvalue weighted by atomic mass is 16.7. The van der Waals surface area contributed by atoms with Crippen molar-refractivity contribution in [2.75, 3.05) is 11.5 Å². The SMILES string of the molecule is CC(C)(OCc1cccc(N)c1)OCc1cccc(N)c1. The fourth-order valence-electron chi connectivity index (χ4n) is 1.92. The highest BCUT2D eigenvalue weighted by Gasteiger charge is 2.19. The first-order valence-electron chi connectivity index (χ1n) is 6.91. The lowest BCUT2D eigenvalue weighted by molar-refractivity contribution is -0.226. The van der Waals surface area contributed by atoms with Gasteiger partial charge in [-0.2, -0.15) is 0 Å². The van der Waals surface area contributed by atoms with Crippen LogP contribution in [0.3, 0.4) is 0 Å². The minimum Gasteiger partial charge on any atom is -0.399 e. The van der Waals surface area contributed by atoms with Crippen molar-refractivity contribution < 1.29 is 9.47 Å². The maximum atomic E-state index is 5.81. The van der Waals surface area contributed by atoms with Crippen molar-refractivity contribution in [3.8, 4) is 0 Å². The Kier molecular flexibility index (Phi) is 4.83. The molecular formula is C17H22N2O2. The minimum absolute atomic E-state index is 0.453. The summed E-state index contributed by atoms with van der Waals surface area (Å²) in [7, 11) is 0. The molecule has 0 spiro atoms. The van der Waals surface area contributed by atoms with Crippen LogP contribution in [0.5, 0.6) is 0 Å². The van der Waals surface area contributed by atoms with Gasteiger partial charge in [-0.3, -0.25) is 0 Å². The van der Waals surface area contributed by atoms with E-state index in [1.54, 1.807) is 0 Å². The molecule has 2 aromatic rings. The van der Waals surface area contributed by atoms with E-state index in [2.05, 4.69) is 0 Å². The van der Waals surface area contributed by atoms with Gasteiger partial charge in [0, 0.05) is 11.4 Å². The first kappa shape index (κ1) is 15.4. The molecule has 112 valence electrons. The van der Waals surface area contributed by atoms with Crippen LogP contribution in [0.4, 0.5) is 11.4 Å². The average Bonchev–Trinajstić information content (AvgIpc) is 2.44. The molecule has 0 saturated carbocycles. The Balaban J connectivity index is 1.87. The third-order valence-electron chi connectivity index (χ3n) is 3.07. The zero-order valence-electron chi connectivity index (χ0n) is 12.5. The van der Waals surface area contributed by atoms with Crippen molar-refractivity contribution in [3.63, 3.8) is 0 Å². The third-order valence-corrected chi connectivity index (χ3v) is 3.07. The van der Waals surface area contributed by atoms with E-state index in [9.17, 15) is 0 Å². The molecule has 0 aliphatic heterocycles. The summed E-state index contributed by atoms with van der Waals surface area (Å²) < 4.78 is 11.6. The zero-order chi connectivity index (χ0) is 15.3. The van der Waals surface area contributed by atoms with E-state index in [0.29, 0.717) is 13.2 Å². The summed E-state index contributed by atoms with van der Waals surface area (Å²) in [5.41, 5.74) is 15.0. The summed E-state index contributed by atoms with van der Waals surface area (Å²) in [6.07, 6.45) is 0. The molecule has 4 nitrogen and oxygen atoms in total. The molecule has 0 saturated heterocycles. The molecule has 0 atom stereocenters. The smallest absolute Gasteiger partial charge is 0.163 e. The lowest BCUT2D eigenvalue weighted by Crippen LogP contribution is -2.28. The lowest BCUT2D eigenvalue weighted by atomic mass is 10.2. The number of nitrogen functional groups attached to an aromatic ring is 2. The molecule has 0 aliphatic rings. The number of ether oxygens (including phenoxy) is 2. The Labute approximate surface area is 125 Å². The first-order valence-corrected chi connectivity index (χ1v) is 6.91. The van der Waals surface area contributed by atoms with Gasteiger partial charge in [0.05, 0.1) is 13.2 Å². The van der Waals surface area contributed by atoms with Crippen LogP contribution in [-0.2, 0) is 22.7 Å². The van der Waals surface area contributed by atoms with Gasteiger partial charge in [0.15, 0.2) is 5.79 Å². The Morgan fingerprint density at radius 2 is 1.24 bits per heavy atom. The number of anilines is 2. The summed E-state index contributed by atoms with van der Waals surface area (Å²) in [5.74, 6) is -0.685. The molecule has 0 radical (unpaired) electrons. The molecule has 0 unspecified atom stereocenters. The standard InChI is InChI=1S/C17H22N2O2/c1-17(2,20-11-13-5-3-7-15(18)9-13)21-12-14-6-4-8-16(19)10-14/h3-10H,11-12,18-19H2,1-2H3. The van der Waals surface area contributed by atoms with Crippen LogP contribution < -0.4 is 11.5 Å². The van der Waals surface area contributed by atoms with Crippen molar-refractivity contribution in [3.05, 3.63) is 59.7 Å². The fraction of sp³-hybridized carbons (Fsp3) is 0.294. The molecule has 0 amide bonds. The second-order valence-corrected chi connectivity index (χ2v) is 5.47. The molecule has 0 heterocycles. The van der Waals surface area contributed by atoms with Gasteiger partial charge >= 0.3 is 0 Å². The Hall–Kier alpha value is -2.04. The lowest BCUT2D eigenvalue weighted by Gasteiger charge is -2.26. The van der Waals surface area contributed by atoms with E-state index in [-0.39, 0.29) is 0 Å². The fourth-order valence-corrected chi connectivity index (χ4v) is 1.92. The van der Waals surface area contributed by atoms with Crippen molar-refractivity contribution in [1.82, 2.24) is 0 Å². The normalized spacial score (nSPS) is 11.5. The summed E-state index contributed by atoms with van der Waals surface area (Å²) in [4.78, 5) is 0. The van der Waals surface area contributed by atoms with Crippen molar-refractivity contribution in [2.24, 2.45) is 0 Å². The molecule has 2 aromatic carbocycles. The molecule has 2 rings (SSSR count). The van der Waals surface area contributed by atoms with E-state index in [1.165, 1.54) is 0 Å². The highest BCUT2D eigenvalue weighted by molar-refractivity contribution is 5.41. The van der Waals surface area contributed by atoms with Gasteiger partial charge in [-0.15, -0.1) is 0 Å². The van der Waals surface area contributed by atoms with Crippen molar-refractivity contribution in [1.29, 1.82) is 0 Å². The molecule has 0 bridgehead atoms. The largest absolute Gasteiger partial charge is 0.399 e. The van der Waals surface area contributed by atoms with Crippen LogP contribution >= 0.6 is 0 Å². The van der Waals surface area contributed by atoms with Gasteiger partial charge in [0.25, 0.3) is 0 Å². The Morgan fingerprint density at radius 3 is 1.62 bits per heavy atom. The van der Waals surface area contributed by atoms with Crippen LogP contribution in [-0.4, -0.2) is 5.79 Å². The number of benzene rings is 2. The van der Waals surface area contributed by atoms with E-state index in [0.717, 1.165) is 22.5 Å². The topological polar surface area (TPSA) is 70.5 Å². The van der Waals surface area contributed by atoms with E-state index < -0.39 is 5.79 Å². The minimum atomic E-state index is -0.685. The van der Waals surface area contributed by atoms with E-state index >= 15 is 0 Å². The third kappa shape index (κ3) is 5.10. The molecule has 0 aromatic heterocycles. The van der Waals surface area contributed by atoms with Crippen LogP contribution in [0.2, 0.25) is 0 Å². The van der Waals surface area contributed by atoms with Gasteiger partial charge < -0.3 is 20.9 Å². The van der Waals surface area contributed by atoms with Crippen molar-refractivity contribution >= 4 is 11.4 Å². The van der Waals surface area contributed by atoms with Crippen LogP contribution in [0.1, 0.15) is 25.0 Å². The Morgan fingerprint density at radius 1 is 0.810 bits per heavy atom. The van der Waals surface area contributed by atoms with Crippen molar-refractivity contribution in [2.45, 2.75) is 32.8 Å². The van der Waals surface area contributed by atoms with Gasteiger partial charge in [0.2, 0.25) is 0 Å². The number of nitrogens with two attached hydrogens (primary N) is 2. The summed E-state index contributed by atoms with van der Waals surface area (Å²) in [6.45, 7) is 4.70. The van der Waals surface area contributed by atoms with Crippen LogP contribution in [0, 0.1) is 0 Å². The van der Waals surface area contributed by atoms with E-state index in [4.69, 9.17) is 20.9 Å². The quantitative estimate of drug-likeness (QED) is 0.631. The number of hydrogen-bond acceptors (Lipinski definition) is 4. The molecule has 4 N–H and O–H groups in total. The van der Waals surface area contributed by atoms with Gasteiger partial charge in [-0.05, 0) is 49.2 Å². The maximum absolute atomic E-state index is 5.81. The van der Waals surface area contributed by atoms with Gasteiger partial charge in [0.1, 0.15) is 0 Å². The second kappa shape index (κ2) is 6.61. The number of hydrogen-bond donors (Lipinski definition) is 2. The molecule has 0 aliphatic carbocycles. The second-order valence-electron chi connectivity index (χ2n) is 5.47. The zero-order valence-corrected chi connectivity index (χ0v) is 12.5. The predicted octanol–water partition coefficient (Wildman–Crippen LogP) is 3.32. The average molecular weight is 286 g/mol. The highest BCUT2D eigenvalue weighted by Crippen LogP contribution is 2.18. The van der Waals surface area contributed by atoms with Gasteiger partial charge in [-0.25, -0.2) is 0 Å². The summed E-state index contributed by atoms with van der Waals surface area (Å²) >= 11 is 0.